The van der Waals surface area contributed by atoms with Gasteiger partial charge in [0.15, 0.2) is 0 Å². The number of nitrogens with one attached hydrogen (secondary N) is 1. The molecular formula is C14H27NO. The summed E-state index contributed by atoms with van der Waals surface area (Å²) in [6, 6.07) is 0.640. The van der Waals surface area contributed by atoms with Crippen LogP contribution in [0.25, 0.3) is 0 Å². The van der Waals surface area contributed by atoms with Gasteiger partial charge in [-0.15, -0.1) is 0 Å². The van der Waals surface area contributed by atoms with Crippen molar-refractivity contribution in [2.75, 3.05) is 7.05 Å². The van der Waals surface area contributed by atoms with Gasteiger partial charge in [0, 0.05) is 6.04 Å². The highest BCUT2D eigenvalue weighted by Crippen LogP contribution is 2.42. The summed E-state index contributed by atoms with van der Waals surface area (Å²) in [5, 5.41) is 14.1. The molecule has 0 aromatic carbocycles. The van der Waals surface area contributed by atoms with Gasteiger partial charge in [0.05, 0.1) is 5.60 Å². The predicted octanol–water partition coefficient (Wildman–Crippen LogP) is 2.71. The van der Waals surface area contributed by atoms with E-state index in [1.807, 2.05) is 7.05 Å². The summed E-state index contributed by atoms with van der Waals surface area (Å²) >= 11 is 0. The largest absolute Gasteiger partial charge is 0.390 e. The second kappa shape index (κ2) is 5.05. The van der Waals surface area contributed by atoms with Gasteiger partial charge in [-0.2, -0.15) is 0 Å². The lowest BCUT2D eigenvalue weighted by Crippen LogP contribution is -2.46. The van der Waals surface area contributed by atoms with Gasteiger partial charge in [-0.25, -0.2) is 0 Å². The second-order valence-electron chi connectivity index (χ2n) is 6.14. The van der Waals surface area contributed by atoms with Crippen molar-refractivity contribution in [2.24, 2.45) is 11.8 Å². The molecule has 2 unspecified atom stereocenters. The third-order valence-corrected chi connectivity index (χ3v) is 4.96. The Hall–Kier alpha value is -0.0800. The molecule has 0 aliphatic heterocycles. The minimum atomic E-state index is -0.331. The first-order valence-electron chi connectivity index (χ1n) is 7.03. The van der Waals surface area contributed by atoms with Gasteiger partial charge in [-0.3, -0.25) is 0 Å². The average Bonchev–Trinajstić information content (AvgIpc) is 2.30. The third kappa shape index (κ3) is 2.60. The van der Waals surface area contributed by atoms with Crippen LogP contribution in [0.3, 0.4) is 0 Å². The van der Waals surface area contributed by atoms with Crippen LogP contribution in [0.2, 0.25) is 0 Å². The molecular weight excluding hydrogens is 198 g/mol. The molecule has 2 fully saturated rings. The summed E-state index contributed by atoms with van der Waals surface area (Å²) in [7, 11) is 2.04. The molecule has 0 aromatic heterocycles. The van der Waals surface area contributed by atoms with E-state index >= 15 is 0 Å². The Bertz CT molecular complexity index is 221. The normalized spacial score (nSPS) is 45.6. The molecule has 2 aliphatic carbocycles. The molecule has 2 rings (SSSR count). The highest BCUT2D eigenvalue weighted by Gasteiger charge is 2.41. The minimum Gasteiger partial charge on any atom is -0.390 e. The van der Waals surface area contributed by atoms with Crippen molar-refractivity contribution < 1.29 is 5.11 Å². The molecule has 2 saturated carbocycles. The number of aliphatic hydroxyl groups is 1. The number of hydrogen-bond donors (Lipinski definition) is 2. The predicted molar refractivity (Wildman–Crippen MR) is 67.4 cm³/mol. The molecule has 0 heterocycles. The topological polar surface area (TPSA) is 32.3 Å². The van der Waals surface area contributed by atoms with Crippen LogP contribution in [0, 0.1) is 11.8 Å². The van der Waals surface area contributed by atoms with E-state index in [1.54, 1.807) is 0 Å². The first-order valence-corrected chi connectivity index (χ1v) is 7.03. The fourth-order valence-corrected chi connectivity index (χ4v) is 3.74. The fourth-order valence-electron chi connectivity index (χ4n) is 3.74. The maximum absolute atomic E-state index is 10.8. The highest BCUT2D eigenvalue weighted by atomic mass is 16.3. The van der Waals surface area contributed by atoms with Gasteiger partial charge >= 0.3 is 0 Å². The molecule has 0 saturated heterocycles. The van der Waals surface area contributed by atoms with Crippen LogP contribution in [0.15, 0.2) is 0 Å². The maximum Gasteiger partial charge on any atom is 0.0677 e. The van der Waals surface area contributed by atoms with E-state index in [2.05, 4.69) is 12.2 Å². The van der Waals surface area contributed by atoms with E-state index in [0.29, 0.717) is 12.0 Å². The van der Waals surface area contributed by atoms with Crippen LogP contribution < -0.4 is 5.32 Å². The van der Waals surface area contributed by atoms with Crippen molar-refractivity contribution in [3.05, 3.63) is 0 Å². The van der Waals surface area contributed by atoms with E-state index in [0.717, 1.165) is 31.6 Å². The number of hydrogen-bond acceptors (Lipinski definition) is 2. The quantitative estimate of drug-likeness (QED) is 0.757. The highest BCUT2D eigenvalue weighted by molar-refractivity contribution is 4.94. The Morgan fingerprint density at radius 3 is 2.38 bits per heavy atom. The Morgan fingerprint density at radius 1 is 1.12 bits per heavy atom. The summed E-state index contributed by atoms with van der Waals surface area (Å²) in [5.74, 6) is 1.40. The van der Waals surface area contributed by atoms with Crippen LogP contribution >= 0.6 is 0 Å². The van der Waals surface area contributed by atoms with Crippen LogP contribution in [-0.2, 0) is 0 Å². The minimum absolute atomic E-state index is 0.331. The lowest BCUT2D eigenvalue weighted by atomic mass is 9.67. The molecule has 0 spiro atoms. The Kier molecular flexibility index (Phi) is 3.91. The second-order valence-corrected chi connectivity index (χ2v) is 6.14. The van der Waals surface area contributed by atoms with Crippen molar-refractivity contribution in [1.29, 1.82) is 0 Å². The zero-order valence-corrected chi connectivity index (χ0v) is 10.8. The third-order valence-electron chi connectivity index (χ3n) is 4.96. The summed E-state index contributed by atoms with van der Waals surface area (Å²) < 4.78 is 0. The summed E-state index contributed by atoms with van der Waals surface area (Å²) in [6.45, 7) is 2.34. The molecule has 2 heteroatoms. The van der Waals surface area contributed by atoms with Crippen LogP contribution in [0.5, 0.6) is 0 Å². The lowest BCUT2D eigenvalue weighted by molar-refractivity contribution is -0.0714. The monoisotopic (exact) mass is 225 g/mol. The van der Waals surface area contributed by atoms with E-state index in [1.165, 1.54) is 25.7 Å². The van der Waals surface area contributed by atoms with Gasteiger partial charge in [0.1, 0.15) is 0 Å². The van der Waals surface area contributed by atoms with Gasteiger partial charge in [-0.1, -0.05) is 19.8 Å². The summed E-state index contributed by atoms with van der Waals surface area (Å²) in [5.41, 5.74) is -0.331. The van der Waals surface area contributed by atoms with E-state index < -0.39 is 0 Å². The Balaban J connectivity index is 1.92. The maximum atomic E-state index is 10.8. The van der Waals surface area contributed by atoms with Gasteiger partial charge in [-0.05, 0) is 57.4 Å². The van der Waals surface area contributed by atoms with Crippen LogP contribution in [-0.4, -0.2) is 23.8 Å². The average molecular weight is 225 g/mol. The molecule has 0 aromatic rings. The van der Waals surface area contributed by atoms with Crippen LogP contribution in [0.1, 0.15) is 58.3 Å². The molecule has 2 nitrogen and oxygen atoms in total. The zero-order chi connectivity index (χ0) is 11.6. The van der Waals surface area contributed by atoms with Crippen molar-refractivity contribution in [2.45, 2.75) is 69.9 Å². The molecule has 0 radical (unpaired) electrons. The van der Waals surface area contributed by atoms with Crippen molar-refractivity contribution in [3.8, 4) is 0 Å². The zero-order valence-electron chi connectivity index (χ0n) is 10.8. The van der Waals surface area contributed by atoms with E-state index in [9.17, 15) is 5.11 Å². The Morgan fingerprint density at radius 2 is 1.81 bits per heavy atom. The molecule has 94 valence electrons. The van der Waals surface area contributed by atoms with Crippen molar-refractivity contribution in [3.63, 3.8) is 0 Å². The smallest absolute Gasteiger partial charge is 0.0677 e. The summed E-state index contributed by atoms with van der Waals surface area (Å²) in [6.07, 6.45) is 9.52. The lowest BCUT2D eigenvalue weighted by Gasteiger charge is -2.44. The van der Waals surface area contributed by atoms with Gasteiger partial charge in [0.2, 0.25) is 0 Å². The molecule has 16 heavy (non-hydrogen) atoms. The first kappa shape index (κ1) is 12.4. The van der Waals surface area contributed by atoms with Gasteiger partial charge in [0.25, 0.3) is 0 Å². The number of rotatable bonds is 2. The molecule has 2 N–H and O–H groups in total. The van der Waals surface area contributed by atoms with Gasteiger partial charge < -0.3 is 10.4 Å². The molecule has 0 bridgehead atoms. The standard InChI is InChI=1S/C14H27NO/c1-11-4-3-5-12(10-11)14(16)8-6-13(15-2)7-9-14/h11-13,15-16H,3-10H2,1-2H3. The SMILES string of the molecule is CNC1CCC(O)(C2CCCC(C)C2)CC1. The molecule has 2 aliphatic rings. The molecule has 0 amide bonds. The van der Waals surface area contributed by atoms with Crippen molar-refractivity contribution >= 4 is 0 Å². The van der Waals surface area contributed by atoms with Crippen molar-refractivity contribution in [1.82, 2.24) is 5.32 Å². The van der Waals surface area contributed by atoms with E-state index in [-0.39, 0.29) is 5.60 Å². The molecule has 2 atom stereocenters. The summed E-state index contributed by atoms with van der Waals surface area (Å²) in [4.78, 5) is 0. The Labute approximate surface area is 99.8 Å². The van der Waals surface area contributed by atoms with E-state index in [4.69, 9.17) is 0 Å². The fraction of sp³-hybridized carbons (Fsp3) is 1.00. The van der Waals surface area contributed by atoms with Crippen LogP contribution in [0.4, 0.5) is 0 Å². The first-order chi connectivity index (χ1) is 7.64.